The van der Waals surface area contributed by atoms with Crippen LogP contribution in [-0.4, -0.2) is 30.1 Å². The second-order valence-electron chi connectivity index (χ2n) is 10.5. The summed E-state index contributed by atoms with van der Waals surface area (Å²) >= 11 is 0. The van der Waals surface area contributed by atoms with Crippen molar-refractivity contribution in [2.75, 3.05) is 0 Å². The van der Waals surface area contributed by atoms with Crippen LogP contribution < -0.4 is 5.56 Å². The summed E-state index contributed by atoms with van der Waals surface area (Å²) < 4.78 is 1.92. The minimum absolute atomic E-state index is 0.0538. The lowest BCUT2D eigenvalue weighted by Crippen LogP contribution is -2.32. The van der Waals surface area contributed by atoms with E-state index in [9.17, 15) is 4.79 Å². The molecule has 7 nitrogen and oxygen atoms in total. The minimum atomic E-state index is -0.0635. The van der Waals surface area contributed by atoms with Crippen molar-refractivity contribution in [2.24, 2.45) is 0 Å². The van der Waals surface area contributed by atoms with Crippen LogP contribution in [0, 0.1) is 20.8 Å². The molecule has 0 saturated carbocycles. The Hall–Kier alpha value is -4.10. The Bertz CT molecular complexity index is 1600. The van der Waals surface area contributed by atoms with E-state index in [-0.39, 0.29) is 11.6 Å². The molecule has 0 radical (unpaired) electrons. The van der Waals surface area contributed by atoms with Gasteiger partial charge in [-0.3, -0.25) is 9.69 Å². The van der Waals surface area contributed by atoms with E-state index in [1.54, 1.807) is 0 Å². The molecule has 0 bridgehead atoms. The first kappa shape index (κ1) is 26.5. The van der Waals surface area contributed by atoms with Gasteiger partial charge in [0.15, 0.2) is 5.82 Å². The van der Waals surface area contributed by atoms with Crippen LogP contribution in [0.25, 0.3) is 10.9 Å². The van der Waals surface area contributed by atoms with E-state index < -0.39 is 0 Å². The first-order chi connectivity index (χ1) is 18.9. The molecule has 5 rings (SSSR count). The molecule has 0 unspecified atom stereocenters. The fourth-order valence-electron chi connectivity index (χ4n) is 5.37. The standard InChI is InChI=1S/C32H36N6O/c1-5-29(31-34-35-36-38(31)16-15-25-9-7-6-8-10-25)37(20-26-13-11-22(2)12-14-26)21-28-19-27-18-23(3)17-24(4)30(27)33-32(28)39/h6-14,17-19,29H,5,15-16,20-21H2,1-4H3,(H,33,39)/t29-/m1/s1. The first-order valence-electron chi connectivity index (χ1n) is 13.6. The predicted molar refractivity (Wildman–Crippen MR) is 155 cm³/mol. The number of hydrogen-bond acceptors (Lipinski definition) is 5. The van der Waals surface area contributed by atoms with E-state index in [4.69, 9.17) is 0 Å². The highest BCUT2D eigenvalue weighted by molar-refractivity contribution is 5.82. The molecule has 39 heavy (non-hydrogen) atoms. The van der Waals surface area contributed by atoms with E-state index >= 15 is 0 Å². The number of rotatable bonds is 10. The second-order valence-corrected chi connectivity index (χ2v) is 10.5. The molecule has 200 valence electrons. The smallest absolute Gasteiger partial charge is 0.252 e. The van der Waals surface area contributed by atoms with E-state index in [2.05, 4.69) is 107 Å². The lowest BCUT2D eigenvalue weighted by molar-refractivity contribution is 0.160. The minimum Gasteiger partial charge on any atom is -0.321 e. The van der Waals surface area contributed by atoms with E-state index in [1.807, 2.05) is 23.7 Å². The number of tetrazole rings is 1. The van der Waals surface area contributed by atoms with Gasteiger partial charge in [0.1, 0.15) is 0 Å². The van der Waals surface area contributed by atoms with Crippen LogP contribution in [-0.2, 0) is 26.1 Å². The van der Waals surface area contributed by atoms with Gasteiger partial charge >= 0.3 is 0 Å². The summed E-state index contributed by atoms with van der Waals surface area (Å²) in [4.78, 5) is 18.8. The van der Waals surface area contributed by atoms with E-state index in [0.29, 0.717) is 19.6 Å². The van der Waals surface area contributed by atoms with Crippen LogP contribution in [0.1, 0.15) is 58.6 Å². The average Bonchev–Trinajstić information content (AvgIpc) is 3.39. The van der Waals surface area contributed by atoms with Gasteiger partial charge in [0.25, 0.3) is 5.56 Å². The van der Waals surface area contributed by atoms with Crippen LogP contribution in [0.2, 0.25) is 0 Å². The van der Waals surface area contributed by atoms with Crippen molar-refractivity contribution in [1.29, 1.82) is 0 Å². The molecule has 0 aliphatic rings. The molecule has 7 heteroatoms. The summed E-state index contributed by atoms with van der Waals surface area (Å²) in [5, 5.41) is 13.9. The highest BCUT2D eigenvalue weighted by Gasteiger charge is 2.26. The molecule has 2 heterocycles. The number of benzene rings is 3. The van der Waals surface area contributed by atoms with Crippen molar-refractivity contribution < 1.29 is 0 Å². The lowest BCUT2D eigenvalue weighted by Gasteiger charge is -2.30. The van der Waals surface area contributed by atoms with Gasteiger partial charge in [-0.2, -0.15) is 0 Å². The Morgan fingerprint density at radius 1 is 0.897 bits per heavy atom. The van der Waals surface area contributed by atoms with Crippen LogP contribution in [0.4, 0.5) is 0 Å². The average molecular weight is 521 g/mol. The van der Waals surface area contributed by atoms with Crippen LogP contribution in [0.15, 0.2) is 77.6 Å². The van der Waals surface area contributed by atoms with Crippen molar-refractivity contribution in [1.82, 2.24) is 30.1 Å². The number of hydrogen-bond donors (Lipinski definition) is 1. The summed E-state index contributed by atoms with van der Waals surface area (Å²) in [6.45, 7) is 10.2. The third-order valence-electron chi connectivity index (χ3n) is 7.39. The summed E-state index contributed by atoms with van der Waals surface area (Å²) in [5.41, 5.74) is 7.49. The Balaban J connectivity index is 1.49. The number of fused-ring (bicyclic) bond motifs is 1. The van der Waals surface area contributed by atoms with Gasteiger partial charge in [0, 0.05) is 25.2 Å². The van der Waals surface area contributed by atoms with Gasteiger partial charge in [-0.25, -0.2) is 4.68 Å². The Morgan fingerprint density at radius 2 is 1.67 bits per heavy atom. The van der Waals surface area contributed by atoms with Crippen molar-refractivity contribution in [3.05, 3.63) is 122 Å². The van der Waals surface area contributed by atoms with E-state index in [0.717, 1.165) is 40.7 Å². The molecule has 0 saturated heterocycles. The number of aromatic amines is 1. The maximum Gasteiger partial charge on any atom is 0.252 e. The van der Waals surface area contributed by atoms with Crippen molar-refractivity contribution in [2.45, 2.75) is 66.2 Å². The Kier molecular flexibility index (Phi) is 7.98. The molecule has 3 aromatic carbocycles. The molecule has 1 N–H and O–H groups in total. The second kappa shape index (κ2) is 11.7. The number of pyridine rings is 1. The maximum absolute atomic E-state index is 13.3. The topological polar surface area (TPSA) is 79.7 Å². The summed E-state index contributed by atoms with van der Waals surface area (Å²) in [7, 11) is 0. The molecule has 1 atom stereocenters. The summed E-state index contributed by atoms with van der Waals surface area (Å²) in [5.74, 6) is 0.824. The van der Waals surface area contributed by atoms with Crippen LogP contribution in [0.5, 0.6) is 0 Å². The SMILES string of the molecule is CC[C@H](c1nnnn1CCc1ccccc1)N(Cc1ccc(C)cc1)Cc1cc2cc(C)cc(C)c2[nH]c1=O. The fourth-order valence-corrected chi connectivity index (χ4v) is 5.37. The summed E-state index contributed by atoms with van der Waals surface area (Å²) in [6.07, 6.45) is 1.65. The quantitative estimate of drug-likeness (QED) is 0.250. The number of nitrogens with one attached hydrogen (secondary N) is 1. The molecule has 0 spiro atoms. The van der Waals surface area contributed by atoms with Gasteiger partial charge in [0.05, 0.1) is 11.6 Å². The zero-order valence-electron chi connectivity index (χ0n) is 23.2. The maximum atomic E-state index is 13.3. The number of aryl methyl sites for hydroxylation is 5. The third-order valence-corrected chi connectivity index (χ3v) is 7.39. The number of H-pyrrole nitrogens is 1. The largest absolute Gasteiger partial charge is 0.321 e. The van der Waals surface area contributed by atoms with Crippen LogP contribution >= 0.6 is 0 Å². The molecular formula is C32H36N6O. The number of nitrogens with zero attached hydrogens (tertiary/aromatic N) is 5. The van der Waals surface area contributed by atoms with Gasteiger partial charge in [0.2, 0.25) is 0 Å². The van der Waals surface area contributed by atoms with Gasteiger partial charge in [-0.05, 0) is 78.2 Å². The van der Waals surface area contributed by atoms with Gasteiger partial charge < -0.3 is 4.98 Å². The molecule has 0 amide bonds. The zero-order valence-corrected chi connectivity index (χ0v) is 23.2. The molecule has 5 aromatic rings. The predicted octanol–water partition coefficient (Wildman–Crippen LogP) is 5.84. The first-order valence-corrected chi connectivity index (χ1v) is 13.6. The highest BCUT2D eigenvalue weighted by atomic mass is 16.1. The highest BCUT2D eigenvalue weighted by Crippen LogP contribution is 2.27. The molecule has 0 aliphatic heterocycles. The van der Waals surface area contributed by atoms with Gasteiger partial charge in [-0.1, -0.05) is 78.7 Å². The van der Waals surface area contributed by atoms with Crippen molar-refractivity contribution >= 4 is 10.9 Å². The summed E-state index contributed by atoms with van der Waals surface area (Å²) in [6, 6.07) is 25.2. The van der Waals surface area contributed by atoms with Crippen LogP contribution in [0.3, 0.4) is 0 Å². The Morgan fingerprint density at radius 3 is 2.41 bits per heavy atom. The zero-order chi connectivity index (χ0) is 27.4. The third kappa shape index (κ3) is 6.15. The lowest BCUT2D eigenvalue weighted by atomic mass is 10.0. The fraction of sp³-hybridized carbons (Fsp3) is 0.312. The number of aromatic nitrogens is 5. The molecular weight excluding hydrogens is 484 g/mol. The normalized spacial score (nSPS) is 12.3. The Labute approximate surface area is 229 Å². The molecule has 0 fully saturated rings. The monoisotopic (exact) mass is 520 g/mol. The van der Waals surface area contributed by atoms with Gasteiger partial charge in [-0.15, -0.1) is 5.10 Å². The molecule has 0 aliphatic carbocycles. The van der Waals surface area contributed by atoms with E-state index in [1.165, 1.54) is 22.3 Å². The van der Waals surface area contributed by atoms with Crippen molar-refractivity contribution in [3.8, 4) is 0 Å². The van der Waals surface area contributed by atoms with Crippen molar-refractivity contribution in [3.63, 3.8) is 0 Å². The molecule has 2 aromatic heterocycles.